The van der Waals surface area contributed by atoms with E-state index in [0.29, 0.717) is 17.5 Å². The van der Waals surface area contributed by atoms with E-state index in [1.807, 2.05) is 36.4 Å². The summed E-state index contributed by atoms with van der Waals surface area (Å²) >= 11 is 0. The molecule has 0 aliphatic heterocycles. The van der Waals surface area contributed by atoms with Crippen molar-refractivity contribution >= 4 is 32.4 Å². The molecule has 4 heteroatoms. The lowest BCUT2D eigenvalue weighted by molar-refractivity contribution is 1.07. The van der Waals surface area contributed by atoms with Crippen LogP contribution in [0.2, 0.25) is 0 Å². The van der Waals surface area contributed by atoms with Gasteiger partial charge < -0.3 is 0 Å². The third kappa shape index (κ3) is 5.76. The summed E-state index contributed by atoms with van der Waals surface area (Å²) in [6.07, 6.45) is 0. The summed E-state index contributed by atoms with van der Waals surface area (Å²) in [7, 11) is 0. The number of nitrogens with zero attached hydrogens (tertiary/aromatic N) is 4. The Morgan fingerprint density at radius 2 is 0.648 bits per heavy atom. The second-order valence-corrected chi connectivity index (χ2v) is 13.5. The van der Waals surface area contributed by atoms with Crippen molar-refractivity contribution in [1.82, 2.24) is 19.9 Å². The molecular weight excluding hydrogens is 657 g/mol. The van der Waals surface area contributed by atoms with Crippen LogP contribution in [0.1, 0.15) is 0 Å². The molecule has 54 heavy (non-hydrogen) atoms. The Morgan fingerprint density at radius 3 is 1.22 bits per heavy atom. The predicted octanol–water partition coefficient (Wildman–Crippen LogP) is 12.7. The third-order valence-electron chi connectivity index (χ3n) is 10.1. The van der Waals surface area contributed by atoms with E-state index in [1.165, 1.54) is 32.5 Å². The highest BCUT2D eigenvalue weighted by molar-refractivity contribution is 6.21. The normalized spacial score (nSPS) is 11.3. The van der Waals surface area contributed by atoms with Gasteiger partial charge >= 0.3 is 0 Å². The first-order valence-corrected chi connectivity index (χ1v) is 18.1. The van der Waals surface area contributed by atoms with Crippen LogP contribution in [0.3, 0.4) is 0 Å². The number of fused-ring (bicyclic) bond motifs is 5. The molecule has 8 aromatic carbocycles. The fourth-order valence-electron chi connectivity index (χ4n) is 7.36. The van der Waals surface area contributed by atoms with Crippen LogP contribution < -0.4 is 0 Å². The second kappa shape index (κ2) is 13.4. The highest BCUT2D eigenvalue weighted by Crippen LogP contribution is 2.38. The Labute approximate surface area is 313 Å². The van der Waals surface area contributed by atoms with E-state index in [0.717, 1.165) is 50.2 Å². The van der Waals surface area contributed by atoms with Crippen LogP contribution in [0.15, 0.2) is 194 Å². The zero-order valence-electron chi connectivity index (χ0n) is 29.3. The molecule has 0 fully saturated rings. The number of rotatable bonds is 6. The second-order valence-electron chi connectivity index (χ2n) is 13.5. The Hall–Kier alpha value is -7.30. The van der Waals surface area contributed by atoms with Crippen molar-refractivity contribution in [2.45, 2.75) is 0 Å². The number of para-hydroxylation sites is 1. The van der Waals surface area contributed by atoms with Gasteiger partial charge in [-0.25, -0.2) is 19.9 Å². The van der Waals surface area contributed by atoms with E-state index in [1.54, 1.807) is 0 Å². The van der Waals surface area contributed by atoms with Gasteiger partial charge in [0, 0.05) is 33.0 Å². The summed E-state index contributed by atoms with van der Waals surface area (Å²) in [5.41, 5.74) is 10.5. The molecule has 0 aliphatic carbocycles. The van der Waals surface area contributed by atoms with Gasteiger partial charge in [-0.3, -0.25) is 0 Å². The summed E-state index contributed by atoms with van der Waals surface area (Å²) in [6, 6.07) is 67.5. The maximum atomic E-state index is 5.23. The molecular formula is C50H32N4. The van der Waals surface area contributed by atoms with Gasteiger partial charge in [-0.1, -0.05) is 188 Å². The van der Waals surface area contributed by atoms with E-state index in [-0.39, 0.29) is 0 Å². The van der Waals surface area contributed by atoms with Gasteiger partial charge in [0.25, 0.3) is 0 Å². The van der Waals surface area contributed by atoms with Gasteiger partial charge in [0.15, 0.2) is 17.5 Å². The standard InChI is InChI=1S/C50H32N4/c1-3-11-33(12-4-1)34-21-27-40(28-22-34)49-52-48(39-14-5-2-6-15-39)53-50(54-49)41-29-23-36(24-30-41)35-19-25-38(26-20-35)47-46-42-16-8-7-13-37(42)31-32-44(46)43-17-9-10-18-45(43)51-47/h1-32H. The molecule has 10 aromatic rings. The van der Waals surface area contributed by atoms with Crippen molar-refractivity contribution in [3.8, 4) is 67.7 Å². The van der Waals surface area contributed by atoms with Crippen LogP contribution in [0, 0.1) is 0 Å². The van der Waals surface area contributed by atoms with Crippen LogP contribution in [0.5, 0.6) is 0 Å². The summed E-state index contributed by atoms with van der Waals surface area (Å²) in [5.74, 6) is 1.92. The predicted molar refractivity (Wildman–Crippen MR) is 223 cm³/mol. The SMILES string of the molecule is c1ccc(-c2ccc(-c3nc(-c4ccccc4)nc(-c4ccc(-c5ccc(-c6nc7ccccc7c7ccc8ccccc8c67)cc5)cc4)n3)cc2)cc1. The molecule has 0 N–H and O–H groups in total. The average molecular weight is 689 g/mol. The van der Waals surface area contributed by atoms with Gasteiger partial charge in [-0.15, -0.1) is 0 Å². The Kier molecular flexibility index (Phi) is 7.77. The van der Waals surface area contributed by atoms with E-state index in [2.05, 4.69) is 158 Å². The van der Waals surface area contributed by atoms with Crippen LogP contribution in [0.4, 0.5) is 0 Å². The monoisotopic (exact) mass is 688 g/mol. The van der Waals surface area contributed by atoms with Gasteiger partial charge in [-0.2, -0.15) is 0 Å². The van der Waals surface area contributed by atoms with E-state index in [4.69, 9.17) is 19.9 Å². The molecule has 0 radical (unpaired) electrons. The van der Waals surface area contributed by atoms with Crippen LogP contribution >= 0.6 is 0 Å². The molecule has 0 spiro atoms. The van der Waals surface area contributed by atoms with Gasteiger partial charge in [0.1, 0.15) is 0 Å². The Morgan fingerprint density at radius 1 is 0.241 bits per heavy atom. The molecule has 0 bridgehead atoms. The maximum Gasteiger partial charge on any atom is 0.164 e. The highest BCUT2D eigenvalue weighted by atomic mass is 15.0. The van der Waals surface area contributed by atoms with Crippen molar-refractivity contribution in [3.63, 3.8) is 0 Å². The first-order valence-electron chi connectivity index (χ1n) is 18.1. The lowest BCUT2D eigenvalue weighted by atomic mass is 9.94. The van der Waals surface area contributed by atoms with Crippen molar-refractivity contribution in [1.29, 1.82) is 0 Å². The number of pyridine rings is 1. The zero-order chi connectivity index (χ0) is 35.8. The molecule has 0 unspecified atom stereocenters. The smallest absolute Gasteiger partial charge is 0.164 e. The Bertz CT molecular complexity index is 2940. The summed E-state index contributed by atoms with van der Waals surface area (Å²) in [6.45, 7) is 0. The first kappa shape index (κ1) is 31.4. The minimum absolute atomic E-state index is 0.634. The molecule has 0 saturated heterocycles. The van der Waals surface area contributed by atoms with E-state index >= 15 is 0 Å². The van der Waals surface area contributed by atoms with Gasteiger partial charge in [0.2, 0.25) is 0 Å². The summed E-state index contributed by atoms with van der Waals surface area (Å²) < 4.78 is 0. The molecule has 0 aliphatic rings. The first-order chi connectivity index (χ1) is 26.7. The van der Waals surface area contributed by atoms with Crippen molar-refractivity contribution in [2.75, 3.05) is 0 Å². The minimum atomic E-state index is 0.634. The van der Waals surface area contributed by atoms with Crippen LogP contribution in [-0.2, 0) is 0 Å². The topological polar surface area (TPSA) is 51.6 Å². The zero-order valence-corrected chi connectivity index (χ0v) is 29.3. The maximum absolute atomic E-state index is 5.23. The Balaban J connectivity index is 1.000. The number of hydrogen-bond donors (Lipinski definition) is 0. The highest BCUT2D eigenvalue weighted by Gasteiger charge is 2.15. The lowest BCUT2D eigenvalue weighted by Crippen LogP contribution is -2.00. The van der Waals surface area contributed by atoms with Crippen LogP contribution in [-0.4, -0.2) is 19.9 Å². The summed E-state index contributed by atoms with van der Waals surface area (Å²) in [5, 5.41) is 5.99. The quantitative estimate of drug-likeness (QED) is 0.163. The third-order valence-corrected chi connectivity index (χ3v) is 10.1. The lowest BCUT2D eigenvalue weighted by Gasteiger charge is -2.13. The van der Waals surface area contributed by atoms with Crippen molar-refractivity contribution in [3.05, 3.63) is 194 Å². The molecule has 0 amide bonds. The number of aromatic nitrogens is 4. The van der Waals surface area contributed by atoms with Gasteiger partial charge in [0.05, 0.1) is 11.2 Å². The fourth-order valence-corrected chi connectivity index (χ4v) is 7.36. The molecule has 10 rings (SSSR count). The molecule has 4 nitrogen and oxygen atoms in total. The van der Waals surface area contributed by atoms with E-state index in [9.17, 15) is 0 Å². The fraction of sp³-hybridized carbons (Fsp3) is 0. The average Bonchev–Trinajstić information content (AvgIpc) is 3.26. The van der Waals surface area contributed by atoms with Crippen molar-refractivity contribution < 1.29 is 0 Å². The molecule has 2 aromatic heterocycles. The molecule has 0 atom stereocenters. The number of benzene rings is 8. The van der Waals surface area contributed by atoms with Crippen molar-refractivity contribution in [2.24, 2.45) is 0 Å². The van der Waals surface area contributed by atoms with Gasteiger partial charge in [-0.05, 0) is 44.5 Å². The van der Waals surface area contributed by atoms with Crippen LogP contribution in [0.25, 0.3) is 100 Å². The minimum Gasteiger partial charge on any atom is -0.247 e. The molecule has 252 valence electrons. The molecule has 2 heterocycles. The number of hydrogen-bond acceptors (Lipinski definition) is 4. The molecule has 0 saturated carbocycles. The summed E-state index contributed by atoms with van der Waals surface area (Å²) in [4.78, 5) is 20.1. The van der Waals surface area contributed by atoms with E-state index < -0.39 is 0 Å². The largest absolute Gasteiger partial charge is 0.247 e.